The van der Waals surface area contributed by atoms with Crippen molar-refractivity contribution in [2.75, 3.05) is 20.1 Å². The second-order valence-electron chi connectivity index (χ2n) is 7.16. The summed E-state index contributed by atoms with van der Waals surface area (Å²) in [4.78, 5) is 19.2. The van der Waals surface area contributed by atoms with E-state index < -0.39 is 0 Å². The molecule has 6 heteroatoms. The third-order valence-electron chi connectivity index (χ3n) is 4.81. The number of aryl methyl sites for hydroxylation is 1. The minimum Gasteiger partial charge on any atom is -0.346 e. The van der Waals surface area contributed by atoms with Gasteiger partial charge < -0.3 is 10.2 Å². The van der Waals surface area contributed by atoms with Crippen molar-refractivity contribution < 1.29 is 4.79 Å². The quantitative estimate of drug-likeness (QED) is 0.928. The van der Waals surface area contributed by atoms with E-state index in [0.29, 0.717) is 5.92 Å². The average Bonchev–Trinajstić information content (AvgIpc) is 2.98. The summed E-state index contributed by atoms with van der Waals surface area (Å²) < 4.78 is 1.78. The first-order valence-corrected chi connectivity index (χ1v) is 8.98. The molecular formula is C19H27N5O. The van der Waals surface area contributed by atoms with Crippen LogP contribution in [0.5, 0.6) is 0 Å². The summed E-state index contributed by atoms with van der Waals surface area (Å²) >= 11 is 0. The lowest BCUT2D eigenvalue weighted by molar-refractivity contribution is 0.0906. The van der Waals surface area contributed by atoms with Crippen molar-refractivity contribution in [1.82, 2.24) is 25.0 Å². The van der Waals surface area contributed by atoms with E-state index in [-0.39, 0.29) is 17.8 Å². The Bertz CT molecular complexity index is 744. The summed E-state index contributed by atoms with van der Waals surface area (Å²) in [5, 5.41) is 7.57. The highest BCUT2D eigenvalue weighted by atomic mass is 16.2. The standard InChI is InChI=1S/C19H27N5O/c1-13(2)16-7-5-6-8-17(16)24-14(3)20-18(22-24)19(25)21-15-9-11-23(4)12-10-15/h5-8,13,15H,9-12H2,1-4H3,(H,21,25). The van der Waals surface area contributed by atoms with Gasteiger partial charge in [0, 0.05) is 6.04 Å². The van der Waals surface area contributed by atoms with E-state index in [4.69, 9.17) is 0 Å². The average molecular weight is 341 g/mol. The van der Waals surface area contributed by atoms with Gasteiger partial charge in [0.25, 0.3) is 5.91 Å². The maximum Gasteiger partial charge on any atom is 0.291 e. The number of likely N-dealkylation sites (tertiary alicyclic amines) is 1. The number of carbonyl (C=O) groups is 1. The van der Waals surface area contributed by atoms with Gasteiger partial charge >= 0.3 is 0 Å². The Kier molecular flexibility index (Phi) is 5.18. The molecule has 0 unspecified atom stereocenters. The Morgan fingerprint density at radius 1 is 1.24 bits per heavy atom. The predicted octanol–water partition coefficient (Wildman–Crippen LogP) is 2.52. The summed E-state index contributed by atoms with van der Waals surface area (Å²) in [7, 11) is 2.11. The zero-order valence-corrected chi connectivity index (χ0v) is 15.5. The number of hydrogen-bond acceptors (Lipinski definition) is 4. The number of amides is 1. The van der Waals surface area contributed by atoms with Gasteiger partial charge in [0.2, 0.25) is 5.82 Å². The zero-order chi connectivity index (χ0) is 18.0. The second-order valence-corrected chi connectivity index (χ2v) is 7.16. The molecule has 25 heavy (non-hydrogen) atoms. The molecule has 6 nitrogen and oxygen atoms in total. The van der Waals surface area contributed by atoms with Crippen molar-refractivity contribution in [1.29, 1.82) is 0 Å². The van der Waals surface area contributed by atoms with Gasteiger partial charge in [0.1, 0.15) is 5.82 Å². The van der Waals surface area contributed by atoms with Crippen LogP contribution >= 0.6 is 0 Å². The Morgan fingerprint density at radius 2 is 1.92 bits per heavy atom. The van der Waals surface area contributed by atoms with Crippen LogP contribution in [0, 0.1) is 6.92 Å². The molecule has 1 aromatic heterocycles. The molecule has 1 fully saturated rings. The molecule has 1 N–H and O–H groups in total. The van der Waals surface area contributed by atoms with Crippen LogP contribution in [0.3, 0.4) is 0 Å². The fourth-order valence-electron chi connectivity index (χ4n) is 3.29. The molecule has 0 bridgehead atoms. The number of nitrogens with zero attached hydrogens (tertiary/aromatic N) is 4. The third kappa shape index (κ3) is 3.90. The first-order chi connectivity index (χ1) is 12.0. The first-order valence-electron chi connectivity index (χ1n) is 8.98. The molecule has 0 radical (unpaired) electrons. The molecule has 0 spiro atoms. The Labute approximate surface area is 149 Å². The summed E-state index contributed by atoms with van der Waals surface area (Å²) in [5.74, 6) is 1.16. The van der Waals surface area contributed by atoms with Crippen molar-refractivity contribution in [2.45, 2.75) is 45.6 Å². The van der Waals surface area contributed by atoms with E-state index in [1.807, 2.05) is 25.1 Å². The smallest absolute Gasteiger partial charge is 0.291 e. The SMILES string of the molecule is Cc1nc(C(=O)NC2CCN(C)CC2)nn1-c1ccccc1C(C)C. The van der Waals surface area contributed by atoms with Gasteiger partial charge in [-0.05, 0) is 57.5 Å². The van der Waals surface area contributed by atoms with E-state index >= 15 is 0 Å². The fraction of sp³-hybridized carbons (Fsp3) is 0.526. The van der Waals surface area contributed by atoms with Crippen LogP contribution < -0.4 is 5.32 Å². The molecule has 134 valence electrons. The van der Waals surface area contributed by atoms with E-state index in [9.17, 15) is 4.79 Å². The molecule has 0 saturated carbocycles. The minimum absolute atomic E-state index is 0.182. The van der Waals surface area contributed by atoms with Crippen LogP contribution in [0.1, 0.15) is 54.6 Å². The maximum atomic E-state index is 12.5. The van der Waals surface area contributed by atoms with E-state index in [2.05, 4.69) is 47.3 Å². The molecule has 2 heterocycles. The van der Waals surface area contributed by atoms with E-state index in [1.54, 1.807) is 4.68 Å². The molecule has 1 saturated heterocycles. The summed E-state index contributed by atoms with van der Waals surface area (Å²) in [6.45, 7) is 8.20. The molecule has 3 rings (SSSR count). The van der Waals surface area contributed by atoms with Crippen LogP contribution in [0.4, 0.5) is 0 Å². The Hall–Kier alpha value is -2.21. The zero-order valence-electron chi connectivity index (χ0n) is 15.5. The topological polar surface area (TPSA) is 63.1 Å². The lowest BCUT2D eigenvalue weighted by Gasteiger charge is -2.29. The van der Waals surface area contributed by atoms with Gasteiger partial charge in [0.05, 0.1) is 5.69 Å². The fourth-order valence-corrected chi connectivity index (χ4v) is 3.29. The monoisotopic (exact) mass is 341 g/mol. The normalized spacial score (nSPS) is 16.4. The molecule has 1 aromatic carbocycles. The van der Waals surface area contributed by atoms with Crippen LogP contribution in [-0.2, 0) is 0 Å². The van der Waals surface area contributed by atoms with Crippen molar-refractivity contribution in [3.05, 3.63) is 41.5 Å². The highest BCUT2D eigenvalue weighted by molar-refractivity contribution is 5.90. The number of piperidine rings is 1. The largest absolute Gasteiger partial charge is 0.346 e. The Balaban J connectivity index is 1.80. The number of carbonyl (C=O) groups excluding carboxylic acids is 1. The summed E-state index contributed by atoms with van der Waals surface area (Å²) in [5.41, 5.74) is 2.18. The second kappa shape index (κ2) is 7.35. The van der Waals surface area contributed by atoms with Gasteiger partial charge in [0.15, 0.2) is 0 Å². The first kappa shape index (κ1) is 17.6. The molecule has 2 aromatic rings. The minimum atomic E-state index is -0.182. The summed E-state index contributed by atoms with van der Waals surface area (Å²) in [6.07, 6.45) is 1.94. The lowest BCUT2D eigenvalue weighted by Crippen LogP contribution is -2.43. The Morgan fingerprint density at radius 3 is 2.60 bits per heavy atom. The number of para-hydroxylation sites is 1. The van der Waals surface area contributed by atoms with Crippen molar-refractivity contribution in [3.63, 3.8) is 0 Å². The molecule has 0 aliphatic carbocycles. The predicted molar refractivity (Wildman–Crippen MR) is 98.2 cm³/mol. The van der Waals surface area contributed by atoms with Gasteiger partial charge in [-0.2, -0.15) is 0 Å². The van der Waals surface area contributed by atoms with Gasteiger partial charge in [-0.1, -0.05) is 32.0 Å². The number of aromatic nitrogens is 3. The number of benzene rings is 1. The van der Waals surface area contributed by atoms with Crippen molar-refractivity contribution in [2.24, 2.45) is 0 Å². The third-order valence-corrected chi connectivity index (χ3v) is 4.81. The van der Waals surface area contributed by atoms with Gasteiger partial charge in [-0.25, -0.2) is 9.67 Å². The lowest BCUT2D eigenvalue weighted by atomic mass is 10.0. The van der Waals surface area contributed by atoms with Crippen LogP contribution in [0.2, 0.25) is 0 Å². The number of rotatable bonds is 4. The van der Waals surface area contributed by atoms with Crippen molar-refractivity contribution in [3.8, 4) is 5.69 Å². The van der Waals surface area contributed by atoms with Gasteiger partial charge in [-0.15, -0.1) is 5.10 Å². The maximum absolute atomic E-state index is 12.5. The summed E-state index contributed by atoms with van der Waals surface area (Å²) in [6, 6.07) is 8.34. The number of hydrogen-bond donors (Lipinski definition) is 1. The highest BCUT2D eigenvalue weighted by Gasteiger charge is 2.22. The van der Waals surface area contributed by atoms with Crippen LogP contribution in [0.15, 0.2) is 24.3 Å². The van der Waals surface area contributed by atoms with Gasteiger partial charge in [-0.3, -0.25) is 4.79 Å². The molecule has 1 amide bonds. The van der Waals surface area contributed by atoms with E-state index in [1.165, 1.54) is 5.56 Å². The van der Waals surface area contributed by atoms with E-state index in [0.717, 1.165) is 37.4 Å². The van der Waals surface area contributed by atoms with Crippen molar-refractivity contribution >= 4 is 5.91 Å². The highest BCUT2D eigenvalue weighted by Crippen LogP contribution is 2.23. The molecule has 1 aliphatic heterocycles. The number of nitrogens with one attached hydrogen (secondary N) is 1. The molecule has 0 atom stereocenters. The van der Waals surface area contributed by atoms with Crippen LogP contribution in [0.25, 0.3) is 5.69 Å². The van der Waals surface area contributed by atoms with Crippen LogP contribution in [-0.4, -0.2) is 51.8 Å². The molecular weight excluding hydrogens is 314 g/mol. The molecule has 1 aliphatic rings.